The van der Waals surface area contributed by atoms with Crippen LogP contribution in [0.1, 0.15) is 58.1 Å². The molecule has 0 aliphatic carbocycles. The van der Waals surface area contributed by atoms with Gasteiger partial charge in [0.2, 0.25) is 5.91 Å². The van der Waals surface area contributed by atoms with Crippen molar-refractivity contribution in [2.24, 2.45) is 0 Å². The highest BCUT2D eigenvalue weighted by Crippen LogP contribution is 2.28. The smallest absolute Gasteiger partial charge is 0.306 e. The number of ether oxygens (including phenoxy) is 2. The van der Waals surface area contributed by atoms with Crippen LogP contribution < -0.4 is 10.1 Å². The molecule has 0 saturated heterocycles. The molecule has 0 aromatic heterocycles. The molecule has 0 saturated carbocycles. The molecule has 0 radical (unpaired) electrons. The van der Waals surface area contributed by atoms with E-state index >= 15 is 0 Å². The van der Waals surface area contributed by atoms with Crippen LogP contribution in [0.3, 0.4) is 0 Å². The molecule has 26 heavy (non-hydrogen) atoms. The van der Waals surface area contributed by atoms with E-state index in [0.29, 0.717) is 12.3 Å². The van der Waals surface area contributed by atoms with Crippen LogP contribution in [-0.2, 0) is 14.3 Å². The van der Waals surface area contributed by atoms with Crippen LogP contribution in [0.5, 0.6) is 5.75 Å². The maximum Gasteiger partial charge on any atom is 0.306 e. The molecular formula is C19H27F2NO4. The average molecular weight is 371 g/mol. The first-order chi connectivity index (χ1) is 12.3. The van der Waals surface area contributed by atoms with Gasteiger partial charge in [0, 0.05) is 24.9 Å². The number of amides is 1. The summed E-state index contributed by atoms with van der Waals surface area (Å²) in [6, 6.07) is 6.15. The molecule has 7 heteroatoms. The first-order valence-electron chi connectivity index (χ1n) is 8.84. The minimum Gasteiger partial charge on any atom is -0.491 e. The van der Waals surface area contributed by atoms with Crippen molar-refractivity contribution in [1.82, 2.24) is 5.32 Å². The lowest BCUT2D eigenvalue weighted by Gasteiger charge is -2.19. The summed E-state index contributed by atoms with van der Waals surface area (Å²) in [6.07, 6.45) is -3.48. The van der Waals surface area contributed by atoms with Crippen LogP contribution in [0.15, 0.2) is 24.3 Å². The molecule has 0 aliphatic heterocycles. The second-order valence-electron chi connectivity index (χ2n) is 6.19. The van der Waals surface area contributed by atoms with E-state index in [-0.39, 0.29) is 36.8 Å². The van der Waals surface area contributed by atoms with Crippen molar-refractivity contribution in [3.05, 3.63) is 29.8 Å². The Hall–Kier alpha value is -2.18. The summed E-state index contributed by atoms with van der Waals surface area (Å²) in [5, 5.41) is 2.69. The molecule has 1 amide bonds. The van der Waals surface area contributed by atoms with Gasteiger partial charge in [-0.25, -0.2) is 8.78 Å². The molecule has 146 valence electrons. The number of carbonyl (C=O) groups excluding carboxylic acids is 2. The molecule has 1 N–H and O–H groups in total. The molecule has 0 spiro atoms. The van der Waals surface area contributed by atoms with Crippen LogP contribution in [0.2, 0.25) is 0 Å². The van der Waals surface area contributed by atoms with E-state index in [1.165, 1.54) is 12.1 Å². The quantitative estimate of drug-likeness (QED) is 0.597. The van der Waals surface area contributed by atoms with Crippen LogP contribution in [0.25, 0.3) is 0 Å². The van der Waals surface area contributed by atoms with Crippen LogP contribution in [0, 0.1) is 0 Å². The second kappa shape index (κ2) is 11.4. The van der Waals surface area contributed by atoms with Crippen molar-refractivity contribution in [3.8, 4) is 5.75 Å². The fraction of sp³-hybridized carbons (Fsp3) is 0.579. The number of benzene rings is 1. The third-order valence-corrected chi connectivity index (χ3v) is 3.40. The highest BCUT2D eigenvalue weighted by molar-refractivity contribution is 5.77. The summed E-state index contributed by atoms with van der Waals surface area (Å²) in [5.41, 5.74) is 0.173. The largest absolute Gasteiger partial charge is 0.491 e. The molecule has 0 heterocycles. The van der Waals surface area contributed by atoms with Crippen molar-refractivity contribution in [1.29, 1.82) is 0 Å². The second-order valence-corrected chi connectivity index (χ2v) is 6.19. The van der Waals surface area contributed by atoms with Gasteiger partial charge in [-0.15, -0.1) is 0 Å². The van der Waals surface area contributed by atoms with Crippen LogP contribution in [0.4, 0.5) is 8.78 Å². The Balaban J connectivity index is 2.60. The van der Waals surface area contributed by atoms with Crippen molar-refractivity contribution in [3.63, 3.8) is 0 Å². The topological polar surface area (TPSA) is 64.6 Å². The Morgan fingerprint density at radius 3 is 2.54 bits per heavy atom. The Kier molecular flexibility index (Phi) is 9.62. The summed E-state index contributed by atoms with van der Waals surface area (Å²) >= 11 is 0. The molecule has 0 fully saturated rings. The van der Waals surface area contributed by atoms with Gasteiger partial charge in [0.05, 0.1) is 6.10 Å². The van der Waals surface area contributed by atoms with E-state index in [9.17, 15) is 18.4 Å². The summed E-state index contributed by atoms with van der Waals surface area (Å²) in [4.78, 5) is 23.3. The average Bonchev–Trinajstić information content (AvgIpc) is 2.57. The van der Waals surface area contributed by atoms with Crippen molar-refractivity contribution in [2.45, 2.75) is 65.1 Å². The zero-order valence-corrected chi connectivity index (χ0v) is 15.5. The highest BCUT2D eigenvalue weighted by Gasteiger charge is 2.27. The summed E-state index contributed by atoms with van der Waals surface area (Å²) in [5.74, 6) is -0.482. The van der Waals surface area contributed by atoms with Gasteiger partial charge >= 0.3 is 5.97 Å². The first-order valence-corrected chi connectivity index (χ1v) is 8.84. The lowest BCUT2D eigenvalue weighted by Crippen LogP contribution is -2.24. The third-order valence-electron chi connectivity index (χ3n) is 3.40. The zero-order valence-electron chi connectivity index (χ0n) is 15.5. The zero-order chi connectivity index (χ0) is 19.5. The lowest BCUT2D eigenvalue weighted by molar-refractivity contribution is -0.158. The van der Waals surface area contributed by atoms with E-state index in [1.807, 2.05) is 20.8 Å². The van der Waals surface area contributed by atoms with Gasteiger partial charge < -0.3 is 14.8 Å². The van der Waals surface area contributed by atoms with E-state index in [0.717, 1.165) is 6.42 Å². The van der Waals surface area contributed by atoms with Gasteiger partial charge in [-0.1, -0.05) is 19.1 Å². The van der Waals surface area contributed by atoms with Gasteiger partial charge in [-0.3, -0.25) is 9.59 Å². The first kappa shape index (κ1) is 21.9. The monoisotopic (exact) mass is 371 g/mol. The molecule has 1 unspecified atom stereocenters. The fourth-order valence-electron chi connectivity index (χ4n) is 2.25. The fourth-order valence-corrected chi connectivity index (χ4v) is 2.25. The van der Waals surface area contributed by atoms with E-state index in [4.69, 9.17) is 9.47 Å². The predicted molar refractivity (Wildman–Crippen MR) is 94.2 cm³/mol. The number of nitrogens with one attached hydrogen (secondary N) is 1. The SMILES string of the molecule is CCCNC(=O)CCCC(=O)OC(c1cccc(OC(C)C)c1)C(F)F. The molecule has 0 bridgehead atoms. The minimum absolute atomic E-state index is 0.0923. The van der Waals surface area contributed by atoms with E-state index in [1.54, 1.807) is 12.1 Å². The molecular weight excluding hydrogens is 344 g/mol. The van der Waals surface area contributed by atoms with Crippen molar-refractivity contribution < 1.29 is 27.8 Å². The highest BCUT2D eigenvalue weighted by atomic mass is 19.3. The van der Waals surface area contributed by atoms with Gasteiger partial charge in [-0.2, -0.15) is 0 Å². The van der Waals surface area contributed by atoms with E-state index < -0.39 is 18.5 Å². The number of carbonyl (C=O) groups is 2. The molecule has 1 atom stereocenters. The minimum atomic E-state index is -2.86. The van der Waals surface area contributed by atoms with Gasteiger partial charge in [0.25, 0.3) is 6.43 Å². The molecule has 1 aromatic rings. The molecule has 0 aliphatic rings. The maximum atomic E-state index is 13.3. The number of hydrogen-bond donors (Lipinski definition) is 1. The molecule has 1 rings (SSSR count). The number of alkyl halides is 2. The standard InChI is InChI=1S/C19H27F2NO4/c1-4-11-22-16(23)9-6-10-17(24)26-18(19(20)21)14-7-5-8-15(12-14)25-13(2)3/h5,7-8,12-13,18-19H,4,6,9-11H2,1-3H3,(H,22,23). The summed E-state index contributed by atoms with van der Waals surface area (Å²) in [7, 11) is 0. The molecule has 1 aromatic carbocycles. The number of hydrogen-bond acceptors (Lipinski definition) is 4. The van der Waals surface area contributed by atoms with Gasteiger partial charge in [0.15, 0.2) is 6.10 Å². The van der Waals surface area contributed by atoms with Crippen molar-refractivity contribution >= 4 is 11.9 Å². The van der Waals surface area contributed by atoms with Crippen LogP contribution >= 0.6 is 0 Å². The lowest BCUT2D eigenvalue weighted by atomic mass is 10.1. The van der Waals surface area contributed by atoms with Gasteiger partial charge in [0.1, 0.15) is 5.75 Å². The maximum absolute atomic E-state index is 13.3. The predicted octanol–water partition coefficient (Wildman–Crippen LogP) is 4.02. The normalized spacial score (nSPS) is 12.1. The Labute approximate surface area is 153 Å². The summed E-state index contributed by atoms with van der Waals surface area (Å²) < 4.78 is 37.1. The molecule has 5 nitrogen and oxygen atoms in total. The Bertz CT molecular complexity index is 578. The number of rotatable bonds is 11. The van der Waals surface area contributed by atoms with Crippen molar-refractivity contribution in [2.75, 3.05) is 6.54 Å². The Morgan fingerprint density at radius 1 is 1.19 bits per heavy atom. The van der Waals surface area contributed by atoms with Crippen LogP contribution in [-0.4, -0.2) is 31.0 Å². The third kappa shape index (κ3) is 8.27. The van der Waals surface area contributed by atoms with Gasteiger partial charge in [-0.05, 0) is 38.8 Å². The number of esters is 1. The summed E-state index contributed by atoms with van der Waals surface area (Å²) in [6.45, 7) is 6.16. The Morgan fingerprint density at radius 2 is 1.92 bits per heavy atom. The van der Waals surface area contributed by atoms with E-state index in [2.05, 4.69) is 5.32 Å². The number of halogens is 2.